The Bertz CT molecular complexity index is 1580. The largest absolute Gasteiger partial charge is 0.507 e. The molecule has 0 radical (unpaired) electrons. The van der Waals surface area contributed by atoms with E-state index in [9.17, 15) is 5.11 Å². The van der Waals surface area contributed by atoms with Gasteiger partial charge in [-0.05, 0) is 77.3 Å². The van der Waals surface area contributed by atoms with Crippen molar-refractivity contribution in [3.05, 3.63) is 148 Å². The molecular formula is C35H31NO. The van der Waals surface area contributed by atoms with Gasteiger partial charge in [-0.2, -0.15) is 0 Å². The minimum absolute atomic E-state index is 0.0681. The lowest BCUT2D eigenvalue weighted by atomic mass is 9.88. The minimum atomic E-state index is -0.0681. The smallest absolute Gasteiger partial charge is 0.128 e. The van der Waals surface area contributed by atoms with Gasteiger partial charge in [0.05, 0.1) is 11.8 Å². The summed E-state index contributed by atoms with van der Waals surface area (Å²) >= 11 is 0. The lowest BCUT2D eigenvalue weighted by Crippen LogP contribution is -2.12. The second-order valence-electron chi connectivity index (χ2n) is 10.1. The summed E-state index contributed by atoms with van der Waals surface area (Å²) in [6.07, 6.45) is 3.46. The number of rotatable bonds is 4. The molecule has 0 aliphatic heterocycles. The quantitative estimate of drug-likeness (QED) is 0.259. The van der Waals surface area contributed by atoms with Crippen LogP contribution in [0.3, 0.4) is 0 Å². The van der Waals surface area contributed by atoms with Crippen LogP contribution in [0.4, 0.5) is 0 Å². The molecule has 182 valence electrons. The van der Waals surface area contributed by atoms with Crippen LogP contribution in [0.2, 0.25) is 0 Å². The van der Waals surface area contributed by atoms with Crippen molar-refractivity contribution >= 4 is 16.5 Å². The molecule has 0 amide bonds. The van der Waals surface area contributed by atoms with Crippen molar-refractivity contribution in [1.29, 1.82) is 0 Å². The number of benzene rings is 5. The van der Waals surface area contributed by atoms with Gasteiger partial charge in [-0.25, -0.2) is 0 Å². The number of nitrogens with zero attached hydrogens (tertiary/aromatic N) is 1. The molecule has 2 heteroatoms. The van der Waals surface area contributed by atoms with E-state index in [-0.39, 0.29) is 6.04 Å². The first-order valence-corrected chi connectivity index (χ1v) is 13.2. The zero-order valence-electron chi connectivity index (χ0n) is 21.2. The van der Waals surface area contributed by atoms with Crippen LogP contribution in [-0.2, 0) is 25.7 Å². The van der Waals surface area contributed by atoms with E-state index >= 15 is 0 Å². The number of fused-ring (bicyclic) bond motifs is 1. The van der Waals surface area contributed by atoms with E-state index in [4.69, 9.17) is 4.99 Å². The highest BCUT2D eigenvalue weighted by molar-refractivity contribution is 6.15. The zero-order chi connectivity index (χ0) is 25.2. The average Bonchev–Trinajstić information content (AvgIpc) is 2.94. The van der Waals surface area contributed by atoms with E-state index in [1.807, 2.05) is 18.2 Å². The molecule has 0 heterocycles. The summed E-state index contributed by atoms with van der Waals surface area (Å²) in [5.41, 5.74) is 8.67. The minimum Gasteiger partial charge on any atom is -0.507 e. The maximum absolute atomic E-state index is 11.7. The van der Waals surface area contributed by atoms with E-state index in [2.05, 4.69) is 97.9 Å². The second-order valence-corrected chi connectivity index (χ2v) is 10.1. The standard InChI is InChI=1S/C35H31NO/c1-24(31-22-19-27-7-5-6-10-32(27)23-31)36-34(29-8-3-2-4-9-29)33-28-17-15-25-11-13-26(14-12-25)16-18-30(21-20-28)35(33)37/h2-14,19-24,37H,15-18H2,1H3/t24-/m0/s1. The predicted molar refractivity (Wildman–Crippen MR) is 154 cm³/mol. The van der Waals surface area contributed by atoms with Gasteiger partial charge < -0.3 is 5.11 Å². The molecule has 1 N–H and O–H groups in total. The first kappa shape index (κ1) is 23.2. The first-order chi connectivity index (χ1) is 18.2. The van der Waals surface area contributed by atoms with Gasteiger partial charge in [-0.3, -0.25) is 4.99 Å². The molecule has 0 unspecified atom stereocenters. The van der Waals surface area contributed by atoms with Crippen molar-refractivity contribution < 1.29 is 5.11 Å². The van der Waals surface area contributed by atoms with Crippen molar-refractivity contribution in [3.8, 4) is 5.75 Å². The van der Waals surface area contributed by atoms with Crippen LogP contribution < -0.4 is 0 Å². The fourth-order valence-corrected chi connectivity index (χ4v) is 5.40. The SMILES string of the molecule is C[C@H](N=C(c1ccccc1)c1c2ccc(c1O)CCc1ccc(cc1)CC2)c1ccc2ccccc2c1. The lowest BCUT2D eigenvalue weighted by molar-refractivity contribution is 0.465. The molecule has 2 nitrogen and oxygen atoms in total. The topological polar surface area (TPSA) is 32.6 Å². The molecular weight excluding hydrogens is 450 g/mol. The van der Waals surface area contributed by atoms with Gasteiger partial charge in [0.2, 0.25) is 0 Å². The maximum Gasteiger partial charge on any atom is 0.128 e. The van der Waals surface area contributed by atoms with E-state index in [1.54, 1.807) is 0 Å². The molecule has 5 aromatic carbocycles. The molecule has 4 aliphatic carbocycles. The van der Waals surface area contributed by atoms with Crippen LogP contribution in [-0.4, -0.2) is 10.8 Å². The zero-order valence-corrected chi connectivity index (χ0v) is 21.2. The average molecular weight is 482 g/mol. The Morgan fingerprint density at radius 2 is 1.27 bits per heavy atom. The number of aromatic hydroxyl groups is 1. The number of aryl methyl sites for hydroxylation is 4. The van der Waals surface area contributed by atoms with Crippen LogP contribution in [0, 0.1) is 0 Å². The van der Waals surface area contributed by atoms with E-state index in [1.165, 1.54) is 27.5 Å². The maximum atomic E-state index is 11.7. The van der Waals surface area contributed by atoms with Crippen molar-refractivity contribution in [2.24, 2.45) is 4.99 Å². The van der Waals surface area contributed by atoms with Gasteiger partial charge in [0.15, 0.2) is 0 Å². The highest BCUT2D eigenvalue weighted by atomic mass is 16.3. The normalized spacial score (nSPS) is 14.4. The van der Waals surface area contributed by atoms with Gasteiger partial charge in [-0.15, -0.1) is 0 Å². The van der Waals surface area contributed by atoms with Gasteiger partial charge in [-0.1, -0.05) is 103 Å². The van der Waals surface area contributed by atoms with Crippen molar-refractivity contribution in [2.45, 2.75) is 38.6 Å². The number of phenols is 1. The van der Waals surface area contributed by atoms with E-state index in [0.29, 0.717) is 5.75 Å². The Morgan fingerprint density at radius 1 is 0.649 bits per heavy atom. The molecule has 0 saturated carbocycles. The van der Waals surface area contributed by atoms with Crippen LogP contribution in [0.15, 0.2) is 114 Å². The molecule has 9 rings (SSSR count). The lowest BCUT2D eigenvalue weighted by Gasteiger charge is -2.20. The highest BCUT2D eigenvalue weighted by Crippen LogP contribution is 2.33. The fourth-order valence-electron chi connectivity index (χ4n) is 5.40. The summed E-state index contributed by atoms with van der Waals surface area (Å²) in [6, 6.07) is 38.5. The molecule has 0 saturated heterocycles. The Balaban J connectivity index is 1.49. The number of hydrogen-bond acceptors (Lipinski definition) is 2. The molecule has 4 aliphatic rings. The van der Waals surface area contributed by atoms with Gasteiger partial charge in [0.25, 0.3) is 0 Å². The van der Waals surface area contributed by atoms with Gasteiger partial charge in [0, 0.05) is 11.1 Å². The summed E-state index contributed by atoms with van der Waals surface area (Å²) in [7, 11) is 0. The fraction of sp³-hybridized carbons (Fsp3) is 0.171. The van der Waals surface area contributed by atoms with Crippen molar-refractivity contribution in [3.63, 3.8) is 0 Å². The van der Waals surface area contributed by atoms with Gasteiger partial charge in [0.1, 0.15) is 5.75 Å². The summed E-state index contributed by atoms with van der Waals surface area (Å²) in [5, 5.41) is 14.2. The third-order valence-corrected chi connectivity index (χ3v) is 7.60. The number of aliphatic imine (C=N–C) groups is 1. The summed E-state index contributed by atoms with van der Waals surface area (Å²) in [4.78, 5) is 5.32. The molecule has 0 spiro atoms. The predicted octanol–water partition coefficient (Wildman–Crippen LogP) is 8.03. The van der Waals surface area contributed by atoms with E-state index in [0.717, 1.165) is 53.6 Å². The first-order valence-electron chi connectivity index (χ1n) is 13.2. The Labute approximate surface area is 219 Å². The molecule has 4 bridgehead atoms. The van der Waals surface area contributed by atoms with E-state index < -0.39 is 0 Å². The van der Waals surface area contributed by atoms with Crippen molar-refractivity contribution in [1.82, 2.24) is 0 Å². The van der Waals surface area contributed by atoms with Crippen LogP contribution in [0.5, 0.6) is 5.75 Å². The molecule has 37 heavy (non-hydrogen) atoms. The van der Waals surface area contributed by atoms with Crippen LogP contribution in [0.1, 0.15) is 51.9 Å². The summed E-state index contributed by atoms with van der Waals surface area (Å²) in [6.45, 7) is 2.15. The number of phenolic OH excluding ortho intramolecular Hbond substituents is 1. The Hall–Kier alpha value is -4.17. The third kappa shape index (κ3) is 4.80. The van der Waals surface area contributed by atoms with Crippen LogP contribution in [0.25, 0.3) is 10.8 Å². The monoisotopic (exact) mass is 481 g/mol. The second kappa shape index (κ2) is 10.1. The molecule has 5 aromatic rings. The molecule has 1 atom stereocenters. The molecule has 0 aromatic heterocycles. The third-order valence-electron chi connectivity index (χ3n) is 7.60. The summed E-state index contributed by atoms with van der Waals surface area (Å²) in [5.74, 6) is 0.376. The molecule has 0 fully saturated rings. The Kier molecular flexibility index (Phi) is 6.32. The number of hydrogen-bond donors (Lipinski definition) is 1. The Morgan fingerprint density at radius 3 is 2.00 bits per heavy atom. The van der Waals surface area contributed by atoms with Gasteiger partial charge >= 0.3 is 0 Å². The van der Waals surface area contributed by atoms with Crippen LogP contribution >= 0.6 is 0 Å². The highest BCUT2D eigenvalue weighted by Gasteiger charge is 2.21. The van der Waals surface area contributed by atoms with Crippen molar-refractivity contribution in [2.75, 3.05) is 0 Å². The summed E-state index contributed by atoms with van der Waals surface area (Å²) < 4.78 is 0.